The molecule has 0 spiro atoms. The molecule has 3 aromatic rings. The van der Waals surface area contributed by atoms with Crippen molar-refractivity contribution in [2.75, 3.05) is 4.98 Å². The first-order valence-electron chi connectivity index (χ1n) is 7.29. The van der Waals surface area contributed by atoms with Gasteiger partial charge in [-0.1, -0.05) is 37.8 Å². The minimum Gasteiger partial charge on any atom is -0.411 e. The van der Waals surface area contributed by atoms with Gasteiger partial charge < -0.3 is 9.55 Å². The molecule has 3 heteroatoms. The second-order valence-corrected chi connectivity index (χ2v) is 11.1. The van der Waals surface area contributed by atoms with Crippen molar-refractivity contribution in [2.24, 2.45) is 0 Å². The Balaban J connectivity index is 2.26. The predicted molar refractivity (Wildman–Crippen MR) is 92.1 cm³/mol. The lowest BCUT2D eigenvalue weighted by Crippen LogP contribution is -2.32. The molecule has 1 heterocycles. The van der Waals surface area contributed by atoms with Gasteiger partial charge in [-0.3, -0.25) is 0 Å². The highest BCUT2D eigenvalue weighted by atomic mass is 28.3. The fourth-order valence-electron chi connectivity index (χ4n) is 2.91. The van der Waals surface area contributed by atoms with Crippen molar-refractivity contribution in [1.29, 1.82) is 0 Å². The van der Waals surface area contributed by atoms with E-state index < -0.39 is 8.24 Å². The lowest BCUT2D eigenvalue weighted by molar-refractivity contribution is 0.827. The summed E-state index contributed by atoms with van der Waals surface area (Å²) in [7, 11) is -1.31. The molecule has 0 amide bonds. The zero-order valence-electron chi connectivity index (χ0n) is 12.7. The predicted octanol–water partition coefficient (Wildman–Crippen LogP) is 5.06. The van der Waals surface area contributed by atoms with Crippen LogP contribution in [0.5, 0.6) is 0 Å². The maximum Gasteiger partial charge on any atom is 0.144 e. The summed E-state index contributed by atoms with van der Waals surface area (Å²) in [5.74, 6) is 0. The van der Waals surface area contributed by atoms with E-state index in [0.29, 0.717) is 0 Å². The molecular weight excluding hydrogens is 260 g/mol. The zero-order chi connectivity index (χ0) is 14.3. The van der Waals surface area contributed by atoms with Crippen molar-refractivity contribution in [3.63, 3.8) is 0 Å². The standard InChI is InChI=1S/C17H22N2Si/c1-5-19-16-9-7-6-8-14(16)15-12-13(10-11-17(15)19)18-20(2,3)4/h6-12,18H,5H2,1-4H3. The van der Waals surface area contributed by atoms with Crippen LogP contribution in [0, 0.1) is 0 Å². The number of anilines is 1. The highest BCUT2D eigenvalue weighted by molar-refractivity contribution is 6.79. The molecule has 0 unspecified atom stereocenters. The third-order valence-electron chi connectivity index (χ3n) is 3.61. The number of rotatable bonds is 3. The largest absolute Gasteiger partial charge is 0.411 e. The van der Waals surface area contributed by atoms with Gasteiger partial charge in [0.05, 0.1) is 0 Å². The van der Waals surface area contributed by atoms with Crippen LogP contribution in [0.3, 0.4) is 0 Å². The lowest BCUT2D eigenvalue weighted by Gasteiger charge is -2.19. The molecule has 0 aliphatic rings. The molecule has 0 atom stereocenters. The summed E-state index contributed by atoms with van der Waals surface area (Å²) in [5, 5.41) is 2.70. The van der Waals surface area contributed by atoms with Crippen LogP contribution in [-0.2, 0) is 6.54 Å². The molecule has 0 aliphatic heterocycles. The Bertz CT molecular complexity index is 766. The third kappa shape index (κ3) is 2.22. The van der Waals surface area contributed by atoms with Crippen molar-refractivity contribution < 1.29 is 0 Å². The van der Waals surface area contributed by atoms with Crippen LogP contribution >= 0.6 is 0 Å². The summed E-state index contributed by atoms with van der Waals surface area (Å²) in [5.41, 5.74) is 3.90. The fraction of sp³-hybridized carbons (Fsp3) is 0.294. The highest BCUT2D eigenvalue weighted by Crippen LogP contribution is 2.31. The average molecular weight is 282 g/mol. The van der Waals surface area contributed by atoms with Crippen LogP contribution in [0.4, 0.5) is 5.69 Å². The summed E-state index contributed by atoms with van der Waals surface area (Å²) in [6.07, 6.45) is 0. The van der Waals surface area contributed by atoms with Crippen molar-refractivity contribution in [2.45, 2.75) is 33.1 Å². The minimum absolute atomic E-state index is 1.00. The number of para-hydroxylation sites is 1. The van der Waals surface area contributed by atoms with Crippen LogP contribution in [-0.4, -0.2) is 12.8 Å². The van der Waals surface area contributed by atoms with E-state index in [2.05, 4.69) is 78.6 Å². The highest BCUT2D eigenvalue weighted by Gasteiger charge is 2.14. The summed E-state index contributed by atoms with van der Waals surface area (Å²) in [6, 6.07) is 15.5. The number of fused-ring (bicyclic) bond motifs is 3. The van der Waals surface area contributed by atoms with Gasteiger partial charge in [-0.2, -0.15) is 0 Å². The number of hydrogen-bond acceptors (Lipinski definition) is 1. The first-order valence-corrected chi connectivity index (χ1v) is 10.8. The molecule has 1 N–H and O–H groups in total. The quantitative estimate of drug-likeness (QED) is 0.664. The Morgan fingerprint density at radius 2 is 1.65 bits per heavy atom. The summed E-state index contributed by atoms with van der Waals surface area (Å²) < 4.78 is 2.39. The van der Waals surface area contributed by atoms with Crippen molar-refractivity contribution in [3.8, 4) is 0 Å². The van der Waals surface area contributed by atoms with E-state index in [1.807, 2.05) is 0 Å². The van der Waals surface area contributed by atoms with E-state index in [4.69, 9.17) is 0 Å². The Labute approximate surface area is 121 Å². The second kappa shape index (κ2) is 4.67. The Kier molecular flexibility index (Phi) is 3.09. The molecule has 3 rings (SSSR count). The van der Waals surface area contributed by atoms with E-state index in [1.54, 1.807) is 0 Å². The number of aromatic nitrogens is 1. The number of nitrogens with one attached hydrogen (secondary N) is 1. The minimum atomic E-state index is -1.31. The SMILES string of the molecule is CCn1c2ccccc2c2cc(N[Si](C)(C)C)ccc21. The molecule has 0 radical (unpaired) electrons. The monoisotopic (exact) mass is 282 g/mol. The van der Waals surface area contributed by atoms with Gasteiger partial charge in [0, 0.05) is 34.0 Å². The maximum absolute atomic E-state index is 3.69. The molecule has 1 aromatic heterocycles. The maximum atomic E-state index is 3.69. The first kappa shape index (κ1) is 13.2. The molecule has 0 saturated carbocycles. The number of nitrogens with zero attached hydrogens (tertiary/aromatic N) is 1. The van der Waals surface area contributed by atoms with Crippen LogP contribution in [0.25, 0.3) is 21.8 Å². The summed E-state index contributed by atoms with van der Waals surface area (Å²) in [6.45, 7) is 10.2. The van der Waals surface area contributed by atoms with Gasteiger partial charge in [-0.25, -0.2) is 0 Å². The van der Waals surface area contributed by atoms with Gasteiger partial charge in [0.2, 0.25) is 0 Å². The van der Waals surface area contributed by atoms with Crippen LogP contribution < -0.4 is 4.98 Å². The molecular formula is C17H22N2Si. The van der Waals surface area contributed by atoms with E-state index in [1.165, 1.54) is 27.5 Å². The van der Waals surface area contributed by atoms with E-state index in [9.17, 15) is 0 Å². The van der Waals surface area contributed by atoms with Gasteiger partial charge >= 0.3 is 0 Å². The van der Waals surface area contributed by atoms with Crippen LogP contribution in [0.1, 0.15) is 6.92 Å². The van der Waals surface area contributed by atoms with Gasteiger partial charge in [0.25, 0.3) is 0 Å². The fourth-order valence-corrected chi connectivity index (χ4v) is 3.93. The van der Waals surface area contributed by atoms with Gasteiger partial charge in [0.15, 0.2) is 0 Å². The van der Waals surface area contributed by atoms with E-state index >= 15 is 0 Å². The van der Waals surface area contributed by atoms with E-state index in [-0.39, 0.29) is 0 Å². The number of hydrogen-bond donors (Lipinski definition) is 1. The smallest absolute Gasteiger partial charge is 0.144 e. The van der Waals surface area contributed by atoms with Gasteiger partial charge in [0.1, 0.15) is 8.24 Å². The third-order valence-corrected chi connectivity index (χ3v) is 4.65. The zero-order valence-corrected chi connectivity index (χ0v) is 13.7. The Morgan fingerprint density at radius 3 is 2.35 bits per heavy atom. The normalized spacial score (nSPS) is 12.2. The topological polar surface area (TPSA) is 17.0 Å². The molecule has 2 aromatic carbocycles. The first-order chi connectivity index (χ1) is 9.49. The molecule has 2 nitrogen and oxygen atoms in total. The molecule has 0 aliphatic carbocycles. The Hall–Kier alpha value is -1.74. The van der Waals surface area contributed by atoms with Gasteiger partial charge in [-0.15, -0.1) is 0 Å². The van der Waals surface area contributed by atoms with Crippen molar-refractivity contribution in [3.05, 3.63) is 42.5 Å². The van der Waals surface area contributed by atoms with Crippen LogP contribution in [0.2, 0.25) is 19.6 Å². The number of benzene rings is 2. The Morgan fingerprint density at radius 1 is 0.950 bits per heavy atom. The average Bonchev–Trinajstić information content (AvgIpc) is 2.70. The molecule has 0 saturated heterocycles. The molecule has 20 heavy (non-hydrogen) atoms. The molecule has 0 bridgehead atoms. The van der Waals surface area contributed by atoms with Crippen molar-refractivity contribution in [1.82, 2.24) is 4.57 Å². The molecule has 0 fully saturated rings. The van der Waals surface area contributed by atoms with E-state index in [0.717, 1.165) is 6.54 Å². The van der Waals surface area contributed by atoms with Crippen molar-refractivity contribution >= 4 is 35.7 Å². The summed E-state index contributed by atoms with van der Waals surface area (Å²) >= 11 is 0. The second-order valence-electron chi connectivity index (χ2n) is 6.37. The lowest BCUT2D eigenvalue weighted by atomic mass is 10.1. The number of aryl methyl sites for hydroxylation is 1. The molecule has 104 valence electrons. The van der Waals surface area contributed by atoms with Gasteiger partial charge in [-0.05, 0) is 31.2 Å². The van der Waals surface area contributed by atoms with Crippen LogP contribution in [0.15, 0.2) is 42.5 Å². The summed E-state index contributed by atoms with van der Waals surface area (Å²) in [4.78, 5) is 3.69.